The normalized spacial score (nSPS) is 10.5. The highest BCUT2D eigenvalue weighted by atomic mass is 35.5. The van der Waals surface area contributed by atoms with Crippen molar-refractivity contribution < 1.29 is 4.79 Å². The molecule has 3 aromatic rings. The van der Waals surface area contributed by atoms with Crippen molar-refractivity contribution in [2.45, 2.75) is 27.3 Å². The van der Waals surface area contributed by atoms with Gasteiger partial charge in [0.05, 0.1) is 12.4 Å². The van der Waals surface area contributed by atoms with E-state index in [0.29, 0.717) is 17.4 Å². The summed E-state index contributed by atoms with van der Waals surface area (Å²) in [5.41, 5.74) is 5.60. The Morgan fingerprint density at radius 2 is 1.74 bits per heavy atom. The molecule has 138 valence electrons. The Bertz CT molecular complexity index is 947. The lowest BCUT2D eigenvalue weighted by molar-refractivity contribution is 0.0945. The van der Waals surface area contributed by atoms with Gasteiger partial charge in [0.25, 0.3) is 5.91 Å². The molecule has 0 saturated heterocycles. The SMILES string of the molecule is Cc1cc(C)c(Nc2cnc(C(=O)NCc3ccccc3Cl)cn2)c(C)c1. The van der Waals surface area contributed by atoms with Gasteiger partial charge in [-0.3, -0.25) is 4.79 Å². The fourth-order valence-electron chi connectivity index (χ4n) is 2.92. The number of anilines is 2. The summed E-state index contributed by atoms with van der Waals surface area (Å²) in [6.45, 7) is 6.50. The molecule has 6 heteroatoms. The van der Waals surface area contributed by atoms with Crippen LogP contribution in [0.25, 0.3) is 0 Å². The number of amides is 1. The monoisotopic (exact) mass is 380 g/mol. The summed E-state index contributed by atoms with van der Waals surface area (Å²) in [4.78, 5) is 20.8. The summed E-state index contributed by atoms with van der Waals surface area (Å²) in [7, 11) is 0. The minimum absolute atomic E-state index is 0.255. The average Bonchev–Trinajstić information content (AvgIpc) is 2.64. The van der Waals surface area contributed by atoms with E-state index in [1.807, 2.05) is 32.0 Å². The van der Waals surface area contributed by atoms with E-state index in [-0.39, 0.29) is 11.6 Å². The van der Waals surface area contributed by atoms with Gasteiger partial charge >= 0.3 is 0 Å². The van der Waals surface area contributed by atoms with E-state index in [9.17, 15) is 4.79 Å². The quantitative estimate of drug-likeness (QED) is 0.671. The van der Waals surface area contributed by atoms with Crippen LogP contribution in [0.1, 0.15) is 32.7 Å². The maximum absolute atomic E-state index is 12.3. The van der Waals surface area contributed by atoms with Crippen molar-refractivity contribution in [3.63, 3.8) is 0 Å². The zero-order chi connectivity index (χ0) is 19.4. The number of aromatic nitrogens is 2. The minimum atomic E-state index is -0.295. The summed E-state index contributed by atoms with van der Waals surface area (Å²) < 4.78 is 0. The smallest absolute Gasteiger partial charge is 0.271 e. The van der Waals surface area contributed by atoms with E-state index in [1.165, 1.54) is 11.8 Å². The molecule has 0 spiro atoms. The van der Waals surface area contributed by atoms with E-state index in [1.54, 1.807) is 12.3 Å². The van der Waals surface area contributed by atoms with Crippen LogP contribution in [-0.4, -0.2) is 15.9 Å². The third-order valence-corrected chi connectivity index (χ3v) is 4.58. The molecule has 27 heavy (non-hydrogen) atoms. The molecule has 1 heterocycles. The van der Waals surface area contributed by atoms with Crippen molar-refractivity contribution in [3.8, 4) is 0 Å². The molecule has 0 unspecified atom stereocenters. The van der Waals surface area contributed by atoms with Crippen molar-refractivity contribution in [2.24, 2.45) is 0 Å². The second kappa shape index (κ2) is 8.18. The molecule has 0 bridgehead atoms. The number of aryl methyl sites for hydroxylation is 3. The van der Waals surface area contributed by atoms with Crippen LogP contribution in [0.3, 0.4) is 0 Å². The molecule has 0 fully saturated rings. The fraction of sp³-hybridized carbons (Fsp3) is 0.190. The van der Waals surface area contributed by atoms with Gasteiger partial charge in [-0.05, 0) is 43.5 Å². The third-order valence-electron chi connectivity index (χ3n) is 4.21. The Balaban J connectivity index is 1.66. The van der Waals surface area contributed by atoms with Crippen LogP contribution in [0, 0.1) is 20.8 Å². The summed E-state index contributed by atoms with van der Waals surface area (Å²) in [5.74, 6) is 0.296. The van der Waals surface area contributed by atoms with Gasteiger partial charge in [0, 0.05) is 17.3 Å². The van der Waals surface area contributed by atoms with E-state index in [4.69, 9.17) is 11.6 Å². The Labute approximate surface area is 163 Å². The lowest BCUT2D eigenvalue weighted by Gasteiger charge is -2.13. The van der Waals surface area contributed by atoms with Crippen LogP contribution in [0.4, 0.5) is 11.5 Å². The first-order valence-electron chi connectivity index (χ1n) is 8.62. The molecular formula is C21H21ClN4O. The predicted molar refractivity (Wildman–Crippen MR) is 109 cm³/mol. The molecule has 0 saturated carbocycles. The molecule has 0 aliphatic heterocycles. The summed E-state index contributed by atoms with van der Waals surface area (Å²) in [6, 6.07) is 11.6. The molecule has 0 aliphatic carbocycles. The first-order valence-corrected chi connectivity index (χ1v) is 9.00. The molecule has 1 aromatic heterocycles. The molecule has 0 radical (unpaired) electrons. The lowest BCUT2D eigenvalue weighted by Crippen LogP contribution is -2.24. The topological polar surface area (TPSA) is 66.9 Å². The zero-order valence-corrected chi connectivity index (χ0v) is 16.3. The Hall–Kier alpha value is -2.92. The highest BCUT2D eigenvalue weighted by Crippen LogP contribution is 2.24. The number of halogens is 1. The number of benzene rings is 2. The molecule has 5 nitrogen and oxygen atoms in total. The van der Waals surface area contributed by atoms with Gasteiger partial charge in [-0.25, -0.2) is 9.97 Å². The number of hydrogen-bond acceptors (Lipinski definition) is 4. The van der Waals surface area contributed by atoms with Crippen LogP contribution in [-0.2, 0) is 6.54 Å². The van der Waals surface area contributed by atoms with Gasteiger partial charge in [-0.2, -0.15) is 0 Å². The second-order valence-corrected chi connectivity index (χ2v) is 6.87. The van der Waals surface area contributed by atoms with Gasteiger partial charge in [0.1, 0.15) is 11.5 Å². The molecule has 0 aliphatic rings. The summed E-state index contributed by atoms with van der Waals surface area (Å²) in [6.07, 6.45) is 3.02. The van der Waals surface area contributed by atoms with Crippen molar-refractivity contribution >= 4 is 29.0 Å². The third kappa shape index (κ3) is 4.63. The van der Waals surface area contributed by atoms with Gasteiger partial charge in [-0.15, -0.1) is 0 Å². The van der Waals surface area contributed by atoms with Crippen molar-refractivity contribution in [2.75, 3.05) is 5.32 Å². The summed E-state index contributed by atoms with van der Waals surface area (Å²) in [5, 5.41) is 6.70. The van der Waals surface area contributed by atoms with Crippen LogP contribution in [0.5, 0.6) is 0 Å². The Kier molecular flexibility index (Phi) is 5.72. The fourth-order valence-corrected chi connectivity index (χ4v) is 3.13. The average molecular weight is 381 g/mol. The van der Waals surface area contributed by atoms with E-state index in [2.05, 4.69) is 39.7 Å². The number of carbonyl (C=O) groups is 1. The van der Waals surface area contributed by atoms with Crippen LogP contribution >= 0.6 is 11.6 Å². The maximum Gasteiger partial charge on any atom is 0.271 e. The highest BCUT2D eigenvalue weighted by Gasteiger charge is 2.10. The Morgan fingerprint density at radius 1 is 1.04 bits per heavy atom. The van der Waals surface area contributed by atoms with Crippen LogP contribution in [0.15, 0.2) is 48.8 Å². The highest BCUT2D eigenvalue weighted by molar-refractivity contribution is 6.31. The number of rotatable bonds is 5. The molecular weight excluding hydrogens is 360 g/mol. The lowest BCUT2D eigenvalue weighted by atomic mass is 10.1. The first kappa shape index (κ1) is 18.9. The largest absolute Gasteiger partial charge is 0.347 e. The zero-order valence-electron chi connectivity index (χ0n) is 15.5. The minimum Gasteiger partial charge on any atom is -0.347 e. The maximum atomic E-state index is 12.3. The predicted octanol–water partition coefficient (Wildman–Crippen LogP) is 4.73. The molecule has 2 N–H and O–H groups in total. The number of nitrogens with zero attached hydrogens (tertiary/aromatic N) is 2. The molecule has 1 amide bonds. The van der Waals surface area contributed by atoms with Gasteiger partial charge < -0.3 is 10.6 Å². The van der Waals surface area contributed by atoms with Crippen molar-refractivity contribution in [1.29, 1.82) is 0 Å². The van der Waals surface area contributed by atoms with Crippen LogP contribution < -0.4 is 10.6 Å². The van der Waals surface area contributed by atoms with Gasteiger partial charge in [-0.1, -0.05) is 47.5 Å². The van der Waals surface area contributed by atoms with E-state index < -0.39 is 0 Å². The first-order chi connectivity index (χ1) is 12.9. The van der Waals surface area contributed by atoms with Gasteiger partial charge in [0.2, 0.25) is 0 Å². The van der Waals surface area contributed by atoms with Crippen molar-refractivity contribution in [1.82, 2.24) is 15.3 Å². The number of carbonyl (C=O) groups excluding carboxylic acids is 1. The number of hydrogen-bond donors (Lipinski definition) is 2. The van der Waals surface area contributed by atoms with E-state index in [0.717, 1.165) is 22.4 Å². The second-order valence-electron chi connectivity index (χ2n) is 6.46. The van der Waals surface area contributed by atoms with Gasteiger partial charge in [0.15, 0.2) is 0 Å². The molecule has 0 atom stereocenters. The van der Waals surface area contributed by atoms with Crippen molar-refractivity contribution in [3.05, 3.63) is 81.8 Å². The summed E-state index contributed by atoms with van der Waals surface area (Å²) >= 11 is 6.10. The van der Waals surface area contributed by atoms with Crippen LogP contribution in [0.2, 0.25) is 5.02 Å². The van der Waals surface area contributed by atoms with E-state index >= 15 is 0 Å². The standard InChI is InChI=1S/C21H21ClN4O/c1-13-8-14(2)20(15(3)9-13)26-19-12-23-18(11-24-19)21(27)25-10-16-6-4-5-7-17(16)22/h4-9,11-12H,10H2,1-3H3,(H,24,26)(H,25,27). The molecule has 2 aromatic carbocycles. The number of nitrogens with one attached hydrogen (secondary N) is 2. The molecule has 3 rings (SSSR count). The Morgan fingerprint density at radius 3 is 2.37 bits per heavy atom.